The summed E-state index contributed by atoms with van der Waals surface area (Å²) >= 11 is 6.08. The maximum absolute atomic E-state index is 8.81. The Morgan fingerprint density at radius 3 is 2.87 bits per heavy atom. The Balaban J connectivity index is 2.32. The van der Waals surface area contributed by atoms with Gasteiger partial charge in [-0.25, -0.2) is 0 Å². The van der Waals surface area contributed by atoms with Gasteiger partial charge < -0.3 is 14.6 Å². The van der Waals surface area contributed by atoms with Crippen LogP contribution in [0, 0.1) is 0 Å². The van der Waals surface area contributed by atoms with Gasteiger partial charge in [0.1, 0.15) is 13.2 Å². The molecule has 0 radical (unpaired) electrons. The molecule has 0 aromatic heterocycles. The summed E-state index contributed by atoms with van der Waals surface area (Å²) in [6.45, 7) is 1.29. The molecule has 2 rings (SSSR count). The number of aliphatic hydroxyl groups excluding tert-OH is 1. The third kappa shape index (κ3) is 2.19. The van der Waals surface area contributed by atoms with Gasteiger partial charge >= 0.3 is 0 Å². The van der Waals surface area contributed by atoms with Crippen LogP contribution in [-0.2, 0) is 6.42 Å². The van der Waals surface area contributed by atoms with E-state index in [1.54, 1.807) is 0 Å². The molecule has 0 saturated carbocycles. The van der Waals surface area contributed by atoms with Crippen molar-refractivity contribution in [2.45, 2.75) is 12.8 Å². The van der Waals surface area contributed by atoms with Gasteiger partial charge in [-0.05, 0) is 25.0 Å². The number of aliphatic hydroxyl groups is 1. The van der Waals surface area contributed by atoms with Gasteiger partial charge in [0.15, 0.2) is 11.5 Å². The number of hydrogen-bond donors (Lipinski definition) is 1. The lowest BCUT2D eigenvalue weighted by Crippen LogP contribution is -2.16. The Morgan fingerprint density at radius 1 is 1.27 bits per heavy atom. The first kappa shape index (κ1) is 10.6. The molecule has 0 spiro atoms. The summed E-state index contributed by atoms with van der Waals surface area (Å²) in [5, 5.41) is 9.48. The molecule has 1 N–H and O–H groups in total. The fraction of sp³-hybridized carbons (Fsp3) is 0.455. The molecule has 1 aromatic carbocycles. The lowest BCUT2D eigenvalue weighted by atomic mass is 10.1. The monoisotopic (exact) mass is 228 g/mol. The molecule has 1 aliphatic rings. The highest BCUT2D eigenvalue weighted by molar-refractivity contribution is 6.31. The van der Waals surface area contributed by atoms with Crippen LogP contribution in [0.4, 0.5) is 0 Å². The number of rotatable bonds is 3. The van der Waals surface area contributed by atoms with E-state index in [0.29, 0.717) is 31.1 Å². The first-order valence-corrected chi connectivity index (χ1v) is 5.38. The Morgan fingerprint density at radius 2 is 2.07 bits per heavy atom. The fourth-order valence-corrected chi connectivity index (χ4v) is 1.88. The lowest BCUT2D eigenvalue weighted by Gasteiger charge is -2.21. The van der Waals surface area contributed by atoms with E-state index in [1.807, 2.05) is 12.1 Å². The van der Waals surface area contributed by atoms with Crippen LogP contribution in [0.15, 0.2) is 12.1 Å². The van der Waals surface area contributed by atoms with Gasteiger partial charge in [0.05, 0.1) is 0 Å². The maximum Gasteiger partial charge on any atom is 0.166 e. The van der Waals surface area contributed by atoms with Gasteiger partial charge in [-0.15, -0.1) is 0 Å². The zero-order valence-corrected chi connectivity index (χ0v) is 9.09. The molecule has 1 heterocycles. The van der Waals surface area contributed by atoms with Gasteiger partial charge in [-0.3, -0.25) is 0 Å². The Labute approximate surface area is 93.6 Å². The van der Waals surface area contributed by atoms with Gasteiger partial charge in [-0.1, -0.05) is 11.6 Å². The van der Waals surface area contributed by atoms with Gasteiger partial charge in [0, 0.05) is 17.2 Å². The summed E-state index contributed by atoms with van der Waals surface area (Å²) in [6.07, 6.45) is 1.39. The van der Waals surface area contributed by atoms with Crippen LogP contribution in [-0.4, -0.2) is 24.9 Å². The summed E-state index contributed by atoms with van der Waals surface area (Å²) < 4.78 is 11.0. The molecule has 15 heavy (non-hydrogen) atoms. The maximum atomic E-state index is 8.81. The SMILES string of the molecule is OCCCc1c(Cl)ccc2c1OCCO2. The second-order valence-electron chi connectivity index (χ2n) is 3.38. The van der Waals surface area contributed by atoms with Crippen molar-refractivity contribution in [3.8, 4) is 11.5 Å². The summed E-state index contributed by atoms with van der Waals surface area (Å²) in [4.78, 5) is 0. The molecule has 82 valence electrons. The number of halogens is 1. The molecule has 4 heteroatoms. The molecule has 1 aromatic rings. The van der Waals surface area contributed by atoms with Crippen molar-refractivity contribution in [1.29, 1.82) is 0 Å². The van der Waals surface area contributed by atoms with Crippen LogP contribution in [0.5, 0.6) is 11.5 Å². The average Bonchev–Trinajstić information content (AvgIpc) is 2.28. The molecule has 0 fully saturated rings. The molecule has 0 saturated heterocycles. The smallest absolute Gasteiger partial charge is 0.166 e. The second kappa shape index (κ2) is 4.73. The van der Waals surface area contributed by atoms with Crippen LogP contribution in [0.25, 0.3) is 0 Å². The van der Waals surface area contributed by atoms with E-state index in [9.17, 15) is 0 Å². The largest absolute Gasteiger partial charge is 0.486 e. The molecule has 3 nitrogen and oxygen atoms in total. The van der Waals surface area contributed by atoms with E-state index in [1.165, 1.54) is 0 Å². The van der Waals surface area contributed by atoms with Crippen LogP contribution >= 0.6 is 11.6 Å². The Bertz CT molecular complexity index is 352. The number of hydrogen-bond acceptors (Lipinski definition) is 3. The van der Waals surface area contributed by atoms with Crippen molar-refractivity contribution >= 4 is 11.6 Å². The quantitative estimate of drug-likeness (QED) is 0.861. The minimum Gasteiger partial charge on any atom is -0.486 e. The van der Waals surface area contributed by atoms with Crippen molar-refractivity contribution in [3.63, 3.8) is 0 Å². The predicted molar refractivity (Wildman–Crippen MR) is 57.8 cm³/mol. The highest BCUT2D eigenvalue weighted by Crippen LogP contribution is 2.38. The normalized spacial score (nSPS) is 14.0. The summed E-state index contributed by atoms with van der Waals surface area (Å²) in [6, 6.07) is 3.63. The predicted octanol–water partition coefficient (Wildman–Crippen LogP) is 2.04. The van der Waals surface area contributed by atoms with Crippen LogP contribution in [0.2, 0.25) is 5.02 Å². The molecule has 0 amide bonds. The van der Waals surface area contributed by atoms with E-state index < -0.39 is 0 Å². The molecule has 0 aliphatic carbocycles. The summed E-state index contributed by atoms with van der Waals surface area (Å²) in [5.41, 5.74) is 0.933. The molecular weight excluding hydrogens is 216 g/mol. The highest BCUT2D eigenvalue weighted by atomic mass is 35.5. The molecule has 0 unspecified atom stereocenters. The molecule has 0 atom stereocenters. The van der Waals surface area contributed by atoms with E-state index in [-0.39, 0.29) is 6.61 Å². The highest BCUT2D eigenvalue weighted by Gasteiger charge is 2.17. The lowest BCUT2D eigenvalue weighted by molar-refractivity contribution is 0.169. The van der Waals surface area contributed by atoms with Crippen molar-refractivity contribution in [3.05, 3.63) is 22.7 Å². The minimum absolute atomic E-state index is 0.154. The summed E-state index contributed by atoms with van der Waals surface area (Å²) in [7, 11) is 0. The minimum atomic E-state index is 0.154. The topological polar surface area (TPSA) is 38.7 Å². The van der Waals surface area contributed by atoms with Crippen LogP contribution in [0.3, 0.4) is 0 Å². The van der Waals surface area contributed by atoms with Crippen molar-refractivity contribution in [2.24, 2.45) is 0 Å². The molecule has 0 bridgehead atoms. The third-order valence-corrected chi connectivity index (χ3v) is 2.69. The molecular formula is C11H13ClO3. The van der Waals surface area contributed by atoms with Gasteiger partial charge in [0.2, 0.25) is 0 Å². The summed E-state index contributed by atoms with van der Waals surface area (Å²) in [5.74, 6) is 1.49. The van der Waals surface area contributed by atoms with E-state index >= 15 is 0 Å². The second-order valence-corrected chi connectivity index (χ2v) is 3.78. The van der Waals surface area contributed by atoms with Crippen molar-refractivity contribution in [2.75, 3.05) is 19.8 Å². The van der Waals surface area contributed by atoms with Crippen molar-refractivity contribution < 1.29 is 14.6 Å². The Hall–Kier alpha value is -0.930. The van der Waals surface area contributed by atoms with Gasteiger partial charge in [-0.2, -0.15) is 0 Å². The zero-order valence-electron chi connectivity index (χ0n) is 8.33. The van der Waals surface area contributed by atoms with E-state index in [4.69, 9.17) is 26.2 Å². The average molecular weight is 229 g/mol. The first-order chi connectivity index (χ1) is 7.33. The fourth-order valence-electron chi connectivity index (χ4n) is 1.64. The van der Waals surface area contributed by atoms with Gasteiger partial charge in [0.25, 0.3) is 0 Å². The van der Waals surface area contributed by atoms with Crippen LogP contribution in [0.1, 0.15) is 12.0 Å². The van der Waals surface area contributed by atoms with E-state index in [2.05, 4.69) is 0 Å². The zero-order chi connectivity index (χ0) is 10.7. The number of benzene rings is 1. The number of fused-ring (bicyclic) bond motifs is 1. The number of ether oxygens (including phenoxy) is 2. The third-order valence-electron chi connectivity index (χ3n) is 2.34. The Kier molecular flexibility index (Phi) is 3.34. The molecule has 1 aliphatic heterocycles. The van der Waals surface area contributed by atoms with E-state index in [0.717, 1.165) is 17.1 Å². The van der Waals surface area contributed by atoms with Crippen molar-refractivity contribution in [1.82, 2.24) is 0 Å². The van der Waals surface area contributed by atoms with Crippen LogP contribution < -0.4 is 9.47 Å². The first-order valence-electron chi connectivity index (χ1n) is 5.01. The standard InChI is InChI=1S/C11H13ClO3/c12-9-3-4-10-11(15-7-6-14-10)8(9)2-1-5-13/h3-4,13H,1-2,5-7H2.